The molecular weight excluding hydrogens is 302 g/mol. The molecular formula is C19H23N3O2. The third kappa shape index (κ3) is 4.59. The third-order valence-corrected chi connectivity index (χ3v) is 3.68. The Hall–Kier alpha value is -2.82. The van der Waals surface area contributed by atoms with E-state index in [9.17, 15) is 9.59 Å². The van der Waals surface area contributed by atoms with Crippen LogP contribution in [0.2, 0.25) is 0 Å². The van der Waals surface area contributed by atoms with Crippen LogP contribution >= 0.6 is 0 Å². The summed E-state index contributed by atoms with van der Waals surface area (Å²) in [6, 6.07) is 15.5. The summed E-state index contributed by atoms with van der Waals surface area (Å²) in [6.07, 6.45) is 0.406. The number of likely N-dealkylation sites (N-methyl/N-ethyl adjacent to an activating group) is 1. The van der Waals surface area contributed by atoms with Crippen LogP contribution in [0, 0.1) is 0 Å². The van der Waals surface area contributed by atoms with Crippen LogP contribution < -0.4 is 5.32 Å². The Kier molecular flexibility index (Phi) is 5.58. The van der Waals surface area contributed by atoms with E-state index in [4.69, 9.17) is 0 Å². The zero-order valence-electron chi connectivity index (χ0n) is 14.5. The lowest BCUT2D eigenvalue weighted by Gasteiger charge is -2.12. The van der Waals surface area contributed by atoms with Crippen molar-refractivity contribution in [3.8, 4) is 11.1 Å². The predicted molar refractivity (Wildman–Crippen MR) is 97.0 cm³/mol. The number of urea groups is 1. The minimum absolute atomic E-state index is 0.0868. The highest BCUT2D eigenvalue weighted by atomic mass is 16.2. The third-order valence-electron chi connectivity index (χ3n) is 3.68. The summed E-state index contributed by atoms with van der Waals surface area (Å²) >= 11 is 0. The van der Waals surface area contributed by atoms with Crippen molar-refractivity contribution in [1.82, 2.24) is 9.80 Å². The lowest BCUT2D eigenvalue weighted by atomic mass is 10.0. The number of anilines is 1. The highest BCUT2D eigenvalue weighted by Crippen LogP contribution is 2.22. The van der Waals surface area contributed by atoms with Gasteiger partial charge in [-0.15, -0.1) is 0 Å². The highest BCUT2D eigenvalue weighted by molar-refractivity contribution is 5.89. The molecule has 5 heteroatoms. The van der Waals surface area contributed by atoms with Crippen LogP contribution in [0.25, 0.3) is 11.1 Å². The second kappa shape index (κ2) is 7.64. The number of hydrogen-bond acceptors (Lipinski definition) is 2. The maximum absolute atomic E-state index is 11.7. The van der Waals surface area contributed by atoms with E-state index in [1.54, 1.807) is 33.1 Å². The fraction of sp³-hybridized carbons (Fsp3) is 0.263. The van der Waals surface area contributed by atoms with Crippen molar-refractivity contribution in [2.24, 2.45) is 0 Å². The second-order valence-corrected chi connectivity index (χ2v) is 6.06. The Labute approximate surface area is 142 Å². The van der Waals surface area contributed by atoms with E-state index in [2.05, 4.69) is 5.32 Å². The first-order valence-corrected chi connectivity index (χ1v) is 7.74. The normalized spacial score (nSPS) is 10.2. The smallest absolute Gasteiger partial charge is 0.321 e. The first kappa shape index (κ1) is 17.5. The number of carbonyl (C=O) groups is 2. The molecule has 0 saturated heterocycles. The molecule has 0 aliphatic carbocycles. The number of benzene rings is 2. The summed E-state index contributed by atoms with van der Waals surface area (Å²) in [4.78, 5) is 26.4. The van der Waals surface area contributed by atoms with E-state index >= 15 is 0 Å². The summed E-state index contributed by atoms with van der Waals surface area (Å²) in [7, 11) is 6.92. The van der Waals surface area contributed by atoms with Gasteiger partial charge in [0.2, 0.25) is 5.91 Å². The fourth-order valence-electron chi connectivity index (χ4n) is 2.13. The molecule has 0 aromatic heterocycles. The molecule has 24 heavy (non-hydrogen) atoms. The molecule has 0 spiro atoms. The van der Waals surface area contributed by atoms with Crippen molar-refractivity contribution in [2.45, 2.75) is 6.42 Å². The van der Waals surface area contributed by atoms with Gasteiger partial charge >= 0.3 is 6.03 Å². The molecule has 5 nitrogen and oxygen atoms in total. The van der Waals surface area contributed by atoms with Gasteiger partial charge in [-0.05, 0) is 28.8 Å². The Morgan fingerprint density at radius 1 is 0.792 bits per heavy atom. The van der Waals surface area contributed by atoms with Crippen LogP contribution in [0.4, 0.5) is 10.5 Å². The molecule has 0 saturated carbocycles. The standard InChI is InChI=1S/C19H23N3O2/c1-21(2)18(23)13-14-5-7-15(8-6-14)16-9-11-17(12-10-16)20-19(24)22(3)4/h5-12H,13H2,1-4H3,(H,20,24). The van der Waals surface area contributed by atoms with E-state index in [1.807, 2.05) is 48.5 Å². The number of nitrogens with one attached hydrogen (secondary N) is 1. The Morgan fingerprint density at radius 3 is 1.75 bits per heavy atom. The van der Waals surface area contributed by atoms with E-state index in [0.29, 0.717) is 6.42 Å². The largest absolute Gasteiger partial charge is 0.349 e. The first-order valence-electron chi connectivity index (χ1n) is 7.74. The van der Waals surface area contributed by atoms with Crippen LogP contribution in [-0.2, 0) is 11.2 Å². The zero-order chi connectivity index (χ0) is 17.7. The van der Waals surface area contributed by atoms with Crippen molar-refractivity contribution in [2.75, 3.05) is 33.5 Å². The van der Waals surface area contributed by atoms with Crippen LogP contribution in [-0.4, -0.2) is 49.9 Å². The topological polar surface area (TPSA) is 52.7 Å². The van der Waals surface area contributed by atoms with Crippen molar-refractivity contribution >= 4 is 17.6 Å². The SMILES string of the molecule is CN(C)C(=O)Cc1ccc(-c2ccc(NC(=O)N(C)C)cc2)cc1. The maximum atomic E-state index is 11.7. The predicted octanol–water partition coefficient (Wildman–Crippen LogP) is 3.08. The lowest BCUT2D eigenvalue weighted by Crippen LogP contribution is -2.27. The quantitative estimate of drug-likeness (QED) is 0.939. The lowest BCUT2D eigenvalue weighted by molar-refractivity contribution is -0.127. The van der Waals surface area contributed by atoms with Gasteiger partial charge in [-0.1, -0.05) is 36.4 Å². The number of rotatable bonds is 4. The second-order valence-electron chi connectivity index (χ2n) is 6.06. The number of hydrogen-bond donors (Lipinski definition) is 1. The summed E-state index contributed by atoms with van der Waals surface area (Å²) in [5.41, 5.74) is 3.88. The number of carbonyl (C=O) groups excluding carboxylic acids is 2. The van der Waals surface area contributed by atoms with Crippen molar-refractivity contribution in [3.63, 3.8) is 0 Å². The Balaban J connectivity index is 2.06. The average molecular weight is 325 g/mol. The number of amides is 3. The fourth-order valence-corrected chi connectivity index (χ4v) is 2.13. The summed E-state index contributed by atoms with van der Waals surface area (Å²) in [5.74, 6) is 0.0868. The number of nitrogens with zero attached hydrogens (tertiary/aromatic N) is 2. The molecule has 3 amide bonds. The zero-order valence-corrected chi connectivity index (χ0v) is 14.5. The van der Waals surface area contributed by atoms with Crippen LogP contribution in [0.5, 0.6) is 0 Å². The Morgan fingerprint density at radius 2 is 1.29 bits per heavy atom. The molecule has 126 valence electrons. The monoisotopic (exact) mass is 325 g/mol. The van der Waals surface area contributed by atoms with Crippen LogP contribution in [0.1, 0.15) is 5.56 Å². The Bertz CT molecular complexity index is 641. The molecule has 0 atom stereocenters. The van der Waals surface area contributed by atoms with Crippen molar-refractivity contribution in [3.05, 3.63) is 54.1 Å². The van der Waals surface area contributed by atoms with Gasteiger partial charge < -0.3 is 15.1 Å². The van der Waals surface area contributed by atoms with Gasteiger partial charge in [-0.25, -0.2) is 4.79 Å². The maximum Gasteiger partial charge on any atom is 0.321 e. The van der Waals surface area contributed by atoms with Crippen LogP contribution in [0.15, 0.2) is 48.5 Å². The van der Waals surface area contributed by atoms with Gasteiger partial charge in [0, 0.05) is 33.9 Å². The molecule has 2 aromatic carbocycles. The van der Waals surface area contributed by atoms with Gasteiger partial charge in [0.15, 0.2) is 0 Å². The molecule has 0 fully saturated rings. The van der Waals surface area contributed by atoms with Gasteiger partial charge in [-0.2, -0.15) is 0 Å². The minimum atomic E-state index is -0.155. The summed E-state index contributed by atoms with van der Waals surface area (Å²) < 4.78 is 0. The highest BCUT2D eigenvalue weighted by Gasteiger charge is 2.07. The molecule has 0 bridgehead atoms. The van der Waals surface area contributed by atoms with Gasteiger partial charge in [0.25, 0.3) is 0 Å². The molecule has 0 aliphatic heterocycles. The minimum Gasteiger partial charge on any atom is -0.349 e. The molecule has 1 N–H and O–H groups in total. The molecule has 0 radical (unpaired) electrons. The summed E-state index contributed by atoms with van der Waals surface area (Å²) in [6.45, 7) is 0. The van der Waals surface area contributed by atoms with E-state index in [-0.39, 0.29) is 11.9 Å². The first-order chi connectivity index (χ1) is 11.4. The molecule has 0 unspecified atom stereocenters. The van der Waals surface area contributed by atoms with E-state index < -0.39 is 0 Å². The molecule has 0 heterocycles. The van der Waals surface area contributed by atoms with Crippen molar-refractivity contribution in [1.29, 1.82) is 0 Å². The van der Waals surface area contributed by atoms with Gasteiger partial charge in [0.05, 0.1) is 6.42 Å². The van der Waals surface area contributed by atoms with Crippen molar-refractivity contribution < 1.29 is 9.59 Å². The van der Waals surface area contributed by atoms with E-state index in [0.717, 1.165) is 22.4 Å². The average Bonchev–Trinajstić information content (AvgIpc) is 2.56. The summed E-state index contributed by atoms with van der Waals surface area (Å²) in [5, 5.41) is 2.81. The molecule has 2 aromatic rings. The molecule has 2 rings (SSSR count). The van der Waals surface area contributed by atoms with E-state index in [1.165, 1.54) is 4.90 Å². The molecule has 0 aliphatic rings. The van der Waals surface area contributed by atoms with Crippen LogP contribution in [0.3, 0.4) is 0 Å². The van der Waals surface area contributed by atoms with Gasteiger partial charge in [0.1, 0.15) is 0 Å². The van der Waals surface area contributed by atoms with Gasteiger partial charge in [-0.3, -0.25) is 4.79 Å².